The molecule has 1 aliphatic heterocycles. The van der Waals surface area contributed by atoms with Gasteiger partial charge >= 0.3 is 6.03 Å². The number of nitrogens with zero attached hydrogens (tertiary/aromatic N) is 3. The Hall–Kier alpha value is -3.16. The predicted octanol–water partition coefficient (Wildman–Crippen LogP) is 2.39. The quantitative estimate of drug-likeness (QED) is 0.632. The summed E-state index contributed by atoms with van der Waals surface area (Å²) in [5.74, 6) is 0.966. The highest BCUT2D eigenvalue weighted by atomic mass is 16.2. The van der Waals surface area contributed by atoms with E-state index in [1.807, 2.05) is 4.90 Å². The van der Waals surface area contributed by atoms with Crippen molar-refractivity contribution in [2.75, 3.05) is 19.6 Å². The number of rotatable bonds is 4. The minimum atomic E-state index is -0.159. The Morgan fingerprint density at radius 3 is 2.93 bits per heavy atom. The number of carbonyl (C=O) groups excluding carboxylic acids is 1. The SMILES string of the molecule is Cc1cc2nc(CCNC(=O)N3CCC[C@H](c4cc(=O)[nH]cn4)C3)[nH]c2cc1C. The molecule has 0 spiro atoms. The van der Waals surface area contributed by atoms with Crippen molar-refractivity contribution in [3.63, 3.8) is 0 Å². The van der Waals surface area contributed by atoms with E-state index >= 15 is 0 Å². The van der Waals surface area contributed by atoms with Gasteiger partial charge in [0.2, 0.25) is 0 Å². The average Bonchev–Trinajstić information content (AvgIpc) is 3.09. The average molecular weight is 394 g/mol. The number of hydrogen-bond acceptors (Lipinski definition) is 4. The van der Waals surface area contributed by atoms with Crippen molar-refractivity contribution in [2.45, 2.75) is 39.0 Å². The summed E-state index contributed by atoms with van der Waals surface area (Å²) in [4.78, 5) is 40.7. The molecule has 0 bridgehead atoms. The third-order valence-corrected chi connectivity index (χ3v) is 5.61. The Labute approximate surface area is 168 Å². The topological polar surface area (TPSA) is 107 Å². The lowest BCUT2D eigenvalue weighted by Gasteiger charge is -2.32. The molecular formula is C21H26N6O2. The molecule has 3 heterocycles. The van der Waals surface area contributed by atoms with Crippen molar-refractivity contribution >= 4 is 17.1 Å². The third kappa shape index (κ3) is 4.31. The minimum absolute atomic E-state index is 0.0812. The van der Waals surface area contributed by atoms with Crippen molar-refractivity contribution < 1.29 is 4.79 Å². The van der Waals surface area contributed by atoms with Crippen LogP contribution in [-0.2, 0) is 6.42 Å². The van der Waals surface area contributed by atoms with E-state index in [0.29, 0.717) is 26.1 Å². The number of piperidine rings is 1. The van der Waals surface area contributed by atoms with Crippen LogP contribution in [0.5, 0.6) is 0 Å². The van der Waals surface area contributed by atoms with E-state index in [0.717, 1.165) is 35.4 Å². The molecule has 152 valence electrons. The van der Waals surface area contributed by atoms with Gasteiger partial charge in [-0.1, -0.05) is 0 Å². The van der Waals surface area contributed by atoms with Crippen LogP contribution in [0.1, 0.15) is 41.4 Å². The molecule has 29 heavy (non-hydrogen) atoms. The minimum Gasteiger partial charge on any atom is -0.342 e. The maximum Gasteiger partial charge on any atom is 0.317 e. The Bertz CT molecular complexity index is 1050. The number of aromatic nitrogens is 4. The number of aromatic amines is 2. The van der Waals surface area contributed by atoms with Crippen LogP contribution in [0.4, 0.5) is 4.79 Å². The molecule has 0 aliphatic carbocycles. The number of fused-ring (bicyclic) bond motifs is 1. The molecule has 0 unspecified atom stereocenters. The Balaban J connectivity index is 1.33. The first-order valence-corrected chi connectivity index (χ1v) is 10.0. The predicted molar refractivity (Wildman–Crippen MR) is 111 cm³/mol. The molecule has 1 aromatic carbocycles. The molecule has 1 fully saturated rings. The highest BCUT2D eigenvalue weighted by Gasteiger charge is 2.25. The van der Waals surface area contributed by atoms with E-state index in [1.165, 1.54) is 23.5 Å². The van der Waals surface area contributed by atoms with Crippen LogP contribution in [0, 0.1) is 13.8 Å². The summed E-state index contributed by atoms with van der Waals surface area (Å²) in [6, 6.07) is 5.63. The lowest BCUT2D eigenvalue weighted by Crippen LogP contribution is -2.45. The zero-order valence-corrected chi connectivity index (χ0v) is 16.8. The Morgan fingerprint density at radius 1 is 1.28 bits per heavy atom. The zero-order chi connectivity index (χ0) is 20.4. The van der Waals surface area contributed by atoms with Crippen LogP contribution in [-0.4, -0.2) is 50.5 Å². The maximum atomic E-state index is 12.6. The molecule has 8 heteroatoms. The molecule has 0 radical (unpaired) electrons. The molecule has 2 aromatic heterocycles. The summed E-state index contributed by atoms with van der Waals surface area (Å²) >= 11 is 0. The van der Waals surface area contributed by atoms with Gasteiger partial charge < -0.3 is 20.2 Å². The molecule has 3 N–H and O–H groups in total. The number of aryl methyl sites for hydroxylation is 2. The van der Waals surface area contributed by atoms with Gasteiger partial charge in [-0.2, -0.15) is 0 Å². The number of H-pyrrole nitrogens is 2. The van der Waals surface area contributed by atoms with Gasteiger partial charge in [0.15, 0.2) is 0 Å². The normalized spacial score (nSPS) is 16.9. The first-order valence-electron chi connectivity index (χ1n) is 10.0. The number of likely N-dealkylation sites (tertiary alicyclic amines) is 1. The van der Waals surface area contributed by atoms with Gasteiger partial charge in [-0.05, 0) is 49.9 Å². The molecule has 4 rings (SSSR count). The lowest BCUT2D eigenvalue weighted by atomic mass is 9.95. The first kappa shape index (κ1) is 19.2. The van der Waals surface area contributed by atoms with E-state index < -0.39 is 0 Å². The van der Waals surface area contributed by atoms with Crippen LogP contribution in [0.25, 0.3) is 11.0 Å². The highest BCUT2D eigenvalue weighted by molar-refractivity contribution is 5.77. The van der Waals surface area contributed by atoms with Crippen LogP contribution in [0.3, 0.4) is 0 Å². The van der Waals surface area contributed by atoms with Crippen LogP contribution < -0.4 is 10.9 Å². The van der Waals surface area contributed by atoms with Gasteiger partial charge in [-0.3, -0.25) is 4.79 Å². The summed E-state index contributed by atoms with van der Waals surface area (Å²) in [5, 5.41) is 2.99. The fourth-order valence-electron chi connectivity index (χ4n) is 3.85. The van der Waals surface area contributed by atoms with E-state index in [4.69, 9.17) is 0 Å². The van der Waals surface area contributed by atoms with E-state index in [1.54, 1.807) is 0 Å². The van der Waals surface area contributed by atoms with Crippen molar-refractivity contribution in [1.29, 1.82) is 0 Å². The smallest absolute Gasteiger partial charge is 0.317 e. The fourth-order valence-corrected chi connectivity index (χ4v) is 3.85. The molecule has 1 aliphatic rings. The van der Waals surface area contributed by atoms with Crippen molar-refractivity contribution in [3.8, 4) is 0 Å². The molecule has 3 aromatic rings. The third-order valence-electron chi connectivity index (χ3n) is 5.61. The summed E-state index contributed by atoms with van der Waals surface area (Å²) in [5.41, 5.74) is 5.03. The molecule has 1 saturated heterocycles. The summed E-state index contributed by atoms with van der Waals surface area (Å²) in [6.07, 6.45) is 3.89. The Morgan fingerprint density at radius 2 is 2.10 bits per heavy atom. The highest BCUT2D eigenvalue weighted by Crippen LogP contribution is 2.24. The zero-order valence-electron chi connectivity index (χ0n) is 16.8. The molecule has 0 saturated carbocycles. The number of amides is 2. The maximum absolute atomic E-state index is 12.6. The van der Waals surface area contributed by atoms with Gasteiger partial charge in [0, 0.05) is 38.0 Å². The molecule has 8 nitrogen and oxygen atoms in total. The van der Waals surface area contributed by atoms with E-state index in [-0.39, 0.29) is 17.5 Å². The van der Waals surface area contributed by atoms with Crippen LogP contribution in [0.15, 0.2) is 29.3 Å². The van der Waals surface area contributed by atoms with Gasteiger partial charge in [-0.15, -0.1) is 0 Å². The van der Waals surface area contributed by atoms with Crippen molar-refractivity contribution in [3.05, 3.63) is 57.5 Å². The largest absolute Gasteiger partial charge is 0.342 e. The number of imidazole rings is 1. The molecular weight excluding hydrogens is 368 g/mol. The fraction of sp³-hybridized carbons (Fsp3) is 0.429. The second-order valence-electron chi connectivity index (χ2n) is 7.74. The number of nitrogens with one attached hydrogen (secondary N) is 3. The summed E-state index contributed by atoms with van der Waals surface area (Å²) in [7, 11) is 0. The van der Waals surface area contributed by atoms with Gasteiger partial charge in [0.25, 0.3) is 5.56 Å². The number of benzene rings is 1. The molecule has 2 amide bonds. The monoisotopic (exact) mass is 394 g/mol. The van der Waals surface area contributed by atoms with E-state index in [9.17, 15) is 9.59 Å². The van der Waals surface area contributed by atoms with Gasteiger partial charge in [0.05, 0.1) is 23.1 Å². The van der Waals surface area contributed by atoms with Crippen molar-refractivity contribution in [2.24, 2.45) is 0 Å². The van der Waals surface area contributed by atoms with Gasteiger partial charge in [0.1, 0.15) is 5.82 Å². The van der Waals surface area contributed by atoms with Crippen LogP contribution >= 0.6 is 0 Å². The Kier molecular flexibility index (Phi) is 5.33. The summed E-state index contributed by atoms with van der Waals surface area (Å²) in [6.45, 7) is 5.97. The second kappa shape index (κ2) is 8.06. The standard InChI is InChI=1S/C21H26N6O2/c1-13-8-17-18(9-14(13)2)26-19(25-17)5-6-22-21(29)27-7-3-4-15(11-27)16-10-20(28)24-12-23-16/h8-10,12,15H,3-7,11H2,1-2H3,(H,22,29)(H,25,26)(H,23,24,28)/t15-/m0/s1. The summed E-state index contributed by atoms with van der Waals surface area (Å²) < 4.78 is 0. The number of urea groups is 1. The van der Waals surface area contributed by atoms with Gasteiger partial charge in [-0.25, -0.2) is 14.8 Å². The van der Waals surface area contributed by atoms with Crippen LogP contribution in [0.2, 0.25) is 0 Å². The first-order chi connectivity index (χ1) is 14.0. The van der Waals surface area contributed by atoms with E-state index in [2.05, 4.69) is 51.2 Å². The number of carbonyl (C=O) groups is 1. The van der Waals surface area contributed by atoms with Crippen molar-refractivity contribution in [1.82, 2.24) is 30.2 Å². The molecule has 1 atom stereocenters. The second-order valence-corrected chi connectivity index (χ2v) is 7.74. The lowest BCUT2D eigenvalue weighted by molar-refractivity contribution is 0.179. The number of hydrogen-bond donors (Lipinski definition) is 3.